The van der Waals surface area contributed by atoms with Crippen molar-refractivity contribution in [3.8, 4) is 0 Å². The second kappa shape index (κ2) is 4.12. The molecule has 0 bridgehead atoms. The Hall–Kier alpha value is -1.40. The van der Waals surface area contributed by atoms with Crippen LogP contribution in [0.3, 0.4) is 0 Å². The van der Waals surface area contributed by atoms with Crippen LogP contribution in [-0.2, 0) is 6.54 Å². The molecule has 17 heavy (non-hydrogen) atoms. The van der Waals surface area contributed by atoms with Crippen LogP contribution in [0.2, 0.25) is 0 Å². The number of fused-ring (bicyclic) bond motifs is 1. The number of aromatic amines is 1. The van der Waals surface area contributed by atoms with Gasteiger partial charge in [0.1, 0.15) is 4.70 Å². The molecule has 2 aromatic heterocycles. The largest absolute Gasteiger partial charge is 0.390 e. The number of nitrogens with one attached hydrogen (secondary N) is 1. The molecule has 6 heteroatoms. The molecule has 0 unspecified atom stereocenters. The second-order valence-corrected chi connectivity index (χ2v) is 5.52. The molecule has 0 saturated heterocycles. The molecule has 2 N–H and O–H groups in total. The van der Waals surface area contributed by atoms with E-state index in [1.807, 2.05) is 0 Å². The van der Waals surface area contributed by atoms with Crippen molar-refractivity contribution in [1.29, 1.82) is 0 Å². The Morgan fingerprint density at radius 3 is 2.82 bits per heavy atom. The standard InChI is InChI=1S/C11H14N2O3S/c1-11(2,16)4-5-13-7-3-6-17-8(7)9(14)12-10(13)15/h3,6,16H,4-5H2,1-2H3,(H,12,14,15). The van der Waals surface area contributed by atoms with Crippen molar-refractivity contribution in [2.24, 2.45) is 0 Å². The smallest absolute Gasteiger partial charge is 0.328 e. The number of aryl methyl sites for hydroxylation is 1. The highest BCUT2D eigenvalue weighted by atomic mass is 32.1. The Morgan fingerprint density at radius 2 is 2.18 bits per heavy atom. The quantitative estimate of drug-likeness (QED) is 0.855. The average molecular weight is 254 g/mol. The fourth-order valence-electron chi connectivity index (χ4n) is 1.62. The highest BCUT2D eigenvalue weighted by Gasteiger charge is 2.15. The maximum Gasteiger partial charge on any atom is 0.328 e. The molecule has 2 aromatic rings. The van der Waals surface area contributed by atoms with Gasteiger partial charge in [-0.3, -0.25) is 14.3 Å². The van der Waals surface area contributed by atoms with E-state index in [2.05, 4.69) is 4.98 Å². The highest BCUT2D eigenvalue weighted by molar-refractivity contribution is 7.17. The lowest BCUT2D eigenvalue weighted by Gasteiger charge is -2.17. The highest BCUT2D eigenvalue weighted by Crippen LogP contribution is 2.16. The van der Waals surface area contributed by atoms with Crippen LogP contribution >= 0.6 is 11.3 Å². The molecule has 2 rings (SSSR count). The summed E-state index contributed by atoms with van der Waals surface area (Å²) in [4.78, 5) is 25.5. The summed E-state index contributed by atoms with van der Waals surface area (Å²) in [6.07, 6.45) is 0.448. The number of aliphatic hydroxyl groups is 1. The van der Waals surface area contributed by atoms with Crippen molar-refractivity contribution < 1.29 is 5.11 Å². The van der Waals surface area contributed by atoms with E-state index in [1.165, 1.54) is 15.9 Å². The van der Waals surface area contributed by atoms with Gasteiger partial charge in [-0.05, 0) is 31.7 Å². The molecule has 0 spiro atoms. The molecule has 0 radical (unpaired) electrons. The molecule has 2 heterocycles. The molecule has 0 aromatic carbocycles. The van der Waals surface area contributed by atoms with E-state index < -0.39 is 11.3 Å². The Morgan fingerprint density at radius 1 is 1.47 bits per heavy atom. The number of hydrogen-bond donors (Lipinski definition) is 2. The Balaban J connectivity index is 2.50. The van der Waals surface area contributed by atoms with Gasteiger partial charge in [-0.2, -0.15) is 0 Å². The SMILES string of the molecule is CC(C)(O)CCn1c(=O)[nH]c(=O)c2sccc21. The molecule has 0 amide bonds. The van der Waals surface area contributed by atoms with Crippen LogP contribution in [0, 0.1) is 0 Å². The van der Waals surface area contributed by atoms with Gasteiger partial charge in [0.25, 0.3) is 5.56 Å². The third kappa shape index (κ3) is 2.48. The van der Waals surface area contributed by atoms with Gasteiger partial charge < -0.3 is 5.11 Å². The van der Waals surface area contributed by atoms with Crippen molar-refractivity contribution in [2.75, 3.05) is 0 Å². The third-order valence-corrected chi connectivity index (χ3v) is 3.46. The lowest BCUT2D eigenvalue weighted by atomic mass is 10.1. The molecule has 0 atom stereocenters. The van der Waals surface area contributed by atoms with Gasteiger partial charge >= 0.3 is 5.69 Å². The van der Waals surface area contributed by atoms with Gasteiger partial charge in [-0.25, -0.2) is 4.79 Å². The van der Waals surface area contributed by atoms with Crippen LogP contribution in [0.1, 0.15) is 20.3 Å². The first-order valence-corrected chi connectivity index (χ1v) is 6.19. The molecule has 92 valence electrons. The normalized spacial score (nSPS) is 12.2. The molecule has 0 saturated carbocycles. The van der Waals surface area contributed by atoms with Crippen molar-refractivity contribution >= 4 is 21.6 Å². The van der Waals surface area contributed by atoms with Crippen LogP contribution in [-0.4, -0.2) is 20.3 Å². The van der Waals surface area contributed by atoms with Crippen LogP contribution in [0.4, 0.5) is 0 Å². The summed E-state index contributed by atoms with van der Waals surface area (Å²) in [5.41, 5.74) is -0.976. The van der Waals surface area contributed by atoms with E-state index in [4.69, 9.17) is 0 Å². The number of hydrogen-bond acceptors (Lipinski definition) is 4. The Labute approximate surface area is 101 Å². The van der Waals surface area contributed by atoms with Gasteiger partial charge in [0.2, 0.25) is 0 Å². The fourth-order valence-corrected chi connectivity index (χ4v) is 2.41. The lowest BCUT2D eigenvalue weighted by molar-refractivity contribution is 0.0662. The van der Waals surface area contributed by atoms with E-state index in [9.17, 15) is 14.7 Å². The molecular formula is C11H14N2O3S. The van der Waals surface area contributed by atoms with Gasteiger partial charge in [0.15, 0.2) is 0 Å². The molecule has 0 aliphatic rings. The van der Waals surface area contributed by atoms with E-state index in [0.29, 0.717) is 23.2 Å². The van der Waals surface area contributed by atoms with Gasteiger partial charge in [0.05, 0.1) is 11.1 Å². The first kappa shape index (κ1) is 12.1. The number of aromatic nitrogens is 2. The summed E-state index contributed by atoms with van der Waals surface area (Å²) in [6.45, 7) is 3.76. The predicted molar refractivity (Wildman–Crippen MR) is 67.6 cm³/mol. The van der Waals surface area contributed by atoms with Gasteiger partial charge in [0, 0.05) is 6.54 Å². The molecule has 5 nitrogen and oxygen atoms in total. The summed E-state index contributed by atoms with van der Waals surface area (Å²) >= 11 is 1.30. The lowest BCUT2D eigenvalue weighted by Crippen LogP contribution is -2.32. The topological polar surface area (TPSA) is 75.1 Å². The number of nitrogens with zero attached hydrogens (tertiary/aromatic N) is 1. The molecule has 0 aliphatic heterocycles. The van der Waals surface area contributed by atoms with E-state index >= 15 is 0 Å². The summed E-state index contributed by atoms with van der Waals surface area (Å²) in [7, 11) is 0. The predicted octanol–water partition coefficient (Wildman–Crippen LogP) is 0.912. The van der Waals surface area contributed by atoms with E-state index in [1.54, 1.807) is 25.3 Å². The van der Waals surface area contributed by atoms with Crippen LogP contribution in [0.5, 0.6) is 0 Å². The number of thiophene rings is 1. The summed E-state index contributed by atoms with van der Waals surface area (Å²) in [6, 6.07) is 1.75. The van der Waals surface area contributed by atoms with Gasteiger partial charge in [-0.15, -0.1) is 11.3 Å². The van der Waals surface area contributed by atoms with Crippen LogP contribution < -0.4 is 11.2 Å². The van der Waals surface area contributed by atoms with Crippen molar-refractivity contribution in [3.05, 3.63) is 32.3 Å². The van der Waals surface area contributed by atoms with E-state index in [-0.39, 0.29) is 5.56 Å². The number of rotatable bonds is 3. The average Bonchev–Trinajstić information content (AvgIpc) is 2.64. The first-order chi connectivity index (χ1) is 7.88. The minimum Gasteiger partial charge on any atom is -0.390 e. The van der Waals surface area contributed by atoms with Crippen molar-refractivity contribution in [1.82, 2.24) is 9.55 Å². The summed E-state index contributed by atoms with van der Waals surface area (Å²) in [5.74, 6) is 0. The zero-order valence-electron chi connectivity index (χ0n) is 9.69. The van der Waals surface area contributed by atoms with Crippen molar-refractivity contribution in [3.63, 3.8) is 0 Å². The Bertz CT molecular complexity index is 645. The fraction of sp³-hybridized carbons (Fsp3) is 0.455. The monoisotopic (exact) mass is 254 g/mol. The van der Waals surface area contributed by atoms with Crippen molar-refractivity contribution in [2.45, 2.75) is 32.4 Å². The minimum atomic E-state index is -0.835. The number of H-pyrrole nitrogens is 1. The summed E-state index contributed by atoms with van der Waals surface area (Å²) in [5, 5.41) is 11.4. The van der Waals surface area contributed by atoms with Crippen LogP contribution in [0.25, 0.3) is 10.2 Å². The maximum atomic E-state index is 11.7. The third-order valence-electron chi connectivity index (χ3n) is 2.55. The molecule has 0 fully saturated rings. The van der Waals surface area contributed by atoms with E-state index in [0.717, 1.165) is 0 Å². The maximum absolute atomic E-state index is 11.7. The Kier molecular flexibility index (Phi) is 2.92. The van der Waals surface area contributed by atoms with Crippen LogP contribution in [0.15, 0.2) is 21.0 Å². The zero-order chi connectivity index (χ0) is 12.6. The zero-order valence-corrected chi connectivity index (χ0v) is 10.5. The summed E-state index contributed by atoms with van der Waals surface area (Å²) < 4.78 is 2.03. The minimum absolute atomic E-state index is 0.348. The molecule has 0 aliphatic carbocycles. The second-order valence-electron chi connectivity index (χ2n) is 4.61. The van der Waals surface area contributed by atoms with Gasteiger partial charge in [-0.1, -0.05) is 0 Å². The first-order valence-electron chi connectivity index (χ1n) is 5.31. The molecular weight excluding hydrogens is 240 g/mol.